The minimum absolute atomic E-state index is 0.207. The number of nitrogen functional groups attached to an aromatic ring is 1. The highest BCUT2D eigenvalue weighted by atomic mass is 35.5. The van der Waals surface area contributed by atoms with E-state index in [1.54, 1.807) is 18.2 Å². The molecular weight excluding hydrogens is 250 g/mol. The number of carbonyl (C=O) groups is 1. The summed E-state index contributed by atoms with van der Waals surface area (Å²) in [5.74, 6) is -0.207. The fourth-order valence-electron chi connectivity index (χ4n) is 1.66. The molecule has 1 amide bonds. The lowest BCUT2D eigenvalue weighted by Crippen LogP contribution is -2.24. The Bertz CT molecular complexity index is 577. The molecule has 18 heavy (non-hydrogen) atoms. The summed E-state index contributed by atoms with van der Waals surface area (Å²) in [4.78, 5) is 11.9. The van der Waals surface area contributed by atoms with E-state index in [9.17, 15) is 4.79 Å². The van der Waals surface area contributed by atoms with Crippen LogP contribution in [0.2, 0.25) is 5.02 Å². The second-order valence-corrected chi connectivity index (χ2v) is 4.44. The number of hydrogen-bond donors (Lipinski definition) is 2. The second-order valence-electron chi connectivity index (χ2n) is 4.03. The average Bonchev–Trinajstić information content (AvgIpc) is 2.72. The van der Waals surface area contributed by atoms with Crippen LogP contribution in [0.4, 0.5) is 5.69 Å². The third kappa shape index (κ3) is 2.65. The van der Waals surface area contributed by atoms with Gasteiger partial charge in [-0.25, -0.2) is 0 Å². The zero-order valence-electron chi connectivity index (χ0n) is 9.98. The number of carbonyl (C=O) groups excluding carboxylic acids is 1. The summed E-state index contributed by atoms with van der Waals surface area (Å²) in [5.41, 5.74) is 7.57. The number of amides is 1. The number of halogens is 1. The van der Waals surface area contributed by atoms with Crippen molar-refractivity contribution >= 4 is 23.2 Å². The molecule has 0 spiro atoms. The minimum atomic E-state index is -0.207. The van der Waals surface area contributed by atoms with Gasteiger partial charge in [-0.05, 0) is 30.3 Å². The first kappa shape index (κ1) is 12.5. The maximum absolute atomic E-state index is 11.9. The van der Waals surface area contributed by atoms with Gasteiger partial charge in [-0.3, -0.25) is 4.79 Å². The number of benzene rings is 1. The third-order valence-electron chi connectivity index (χ3n) is 2.72. The third-order valence-corrected chi connectivity index (χ3v) is 3.03. The van der Waals surface area contributed by atoms with Gasteiger partial charge in [-0.1, -0.05) is 11.6 Å². The van der Waals surface area contributed by atoms with E-state index in [1.807, 2.05) is 29.9 Å². The molecule has 5 heteroatoms. The van der Waals surface area contributed by atoms with Crippen LogP contribution in [0.3, 0.4) is 0 Å². The highest BCUT2D eigenvalue weighted by Gasteiger charge is 2.10. The Kier molecular flexibility index (Phi) is 3.58. The normalized spacial score (nSPS) is 10.3. The van der Waals surface area contributed by atoms with E-state index in [-0.39, 0.29) is 5.91 Å². The number of nitrogens with zero attached hydrogens (tertiary/aromatic N) is 1. The summed E-state index contributed by atoms with van der Waals surface area (Å²) in [5, 5.41) is 3.18. The molecule has 0 saturated heterocycles. The molecule has 0 aliphatic heterocycles. The van der Waals surface area contributed by atoms with E-state index in [0.717, 1.165) is 5.69 Å². The molecule has 0 fully saturated rings. The molecule has 2 aromatic rings. The number of aromatic nitrogens is 1. The summed E-state index contributed by atoms with van der Waals surface area (Å²) in [6, 6.07) is 8.73. The van der Waals surface area contributed by atoms with Gasteiger partial charge in [0.05, 0.1) is 17.1 Å². The molecule has 3 N–H and O–H groups in total. The number of aryl methyl sites for hydroxylation is 1. The molecule has 0 aliphatic carbocycles. The fraction of sp³-hybridized carbons (Fsp3) is 0.154. The Morgan fingerprint density at radius 2 is 2.22 bits per heavy atom. The first-order chi connectivity index (χ1) is 8.58. The minimum Gasteiger partial charge on any atom is -0.399 e. The monoisotopic (exact) mass is 263 g/mol. The molecule has 94 valence electrons. The van der Waals surface area contributed by atoms with Crippen LogP contribution in [0.5, 0.6) is 0 Å². The molecule has 1 aromatic heterocycles. The lowest BCUT2D eigenvalue weighted by molar-refractivity contribution is 0.0950. The van der Waals surface area contributed by atoms with E-state index in [1.165, 1.54) is 0 Å². The van der Waals surface area contributed by atoms with Gasteiger partial charge in [-0.2, -0.15) is 0 Å². The lowest BCUT2D eigenvalue weighted by Gasteiger charge is -2.08. The molecule has 4 nitrogen and oxygen atoms in total. The van der Waals surface area contributed by atoms with Gasteiger partial charge in [-0.15, -0.1) is 0 Å². The molecule has 1 aromatic carbocycles. The number of nitrogens with one attached hydrogen (secondary N) is 1. The van der Waals surface area contributed by atoms with Crippen molar-refractivity contribution in [3.05, 3.63) is 52.8 Å². The lowest BCUT2D eigenvalue weighted by atomic mass is 10.2. The van der Waals surface area contributed by atoms with E-state index in [0.29, 0.717) is 22.8 Å². The standard InChI is InChI=1S/C13H14ClN3O/c1-17-6-2-3-10(17)8-16-13(18)11-5-4-9(15)7-12(11)14/h2-7H,8,15H2,1H3,(H,16,18). The van der Waals surface area contributed by atoms with Crippen molar-refractivity contribution in [1.82, 2.24) is 9.88 Å². The Labute approximate surface area is 110 Å². The topological polar surface area (TPSA) is 60.0 Å². The molecule has 1 heterocycles. The predicted octanol–water partition coefficient (Wildman–Crippen LogP) is 2.19. The van der Waals surface area contributed by atoms with Gasteiger partial charge < -0.3 is 15.6 Å². The number of hydrogen-bond acceptors (Lipinski definition) is 2. The van der Waals surface area contributed by atoms with E-state index >= 15 is 0 Å². The molecule has 0 aliphatic rings. The molecule has 0 unspecified atom stereocenters. The Morgan fingerprint density at radius 1 is 1.44 bits per heavy atom. The Hall–Kier alpha value is -1.94. The van der Waals surface area contributed by atoms with Gasteiger partial charge in [0, 0.05) is 24.6 Å². The first-order valence-corrected chi connectivity index (χ1v) is 5.89. The van der Waals surface area contributed by atoms with Gasteiger partial charge >= 0.3 is 0 Å². The SMILES string of the molecule is Cn1cccc1CNC(=O)c1ccc(N)cc1Cl. The highest BCUT2D eigenvalue weighted by Crippen LogP contribution is 2.19. The molecule has 0 saturated carbocycles. The van der Waals surface area contributed by atoms with Crippen molar-refractivity contribution in [3.63, 3.8) is 0 Å². The van der Waals surface area contributed by atoms with Crippen molar-refractivity contribution in [2.45, 2.75) is 6.54 Å². The number of anilines is 1. The van der Waals surface area contributed by atoms with Gasteiger partial charge in [0.25, 0.3) is 5.91 Å². The second kappa shape index (κ2) is 5.14. The zero-order valence-corrected chi connectivity index (χ0v) is 10.7. The maximum atomic E-state index is 11.9. The molecule has 0 bridgehead atoms. The van der Waals surface area contributed by atoms with Gasteiger partial charge in [0.2, 0.25) is 0 Å². The summed E-state index contributed by atoms with van der Waals surface area (Å²) in [7, 11) is 1.93. The first-order valence-electron chi connectivity index (χ1n) is 5.51. The van der Waals surface area contributed by atoms with E-state index < -0.39 is 0 Å². The Balaban J connectivity index is 2.06. The van der Waals surface area contributed by atoms with Crippen molar-refractivity contribution in [2.24, 2.45) is 7.05 Å². The van der Waals surface area contributed by atoms with Crippen LogP contribution in [0.25, 0.3) is 0 Å². The fourth-order valence-corrected chi connectivity index (χ4v) is 1.94. The smallest absolute Gasteiger partial charge is 0.253 e. The van der Waals surface area contributed by atoms with Crippen LogP contribution < -0.4 is 11.1 Å². The molecule has 2 rings (SSSR count). The van der Waals surface area contributed by atoms with Crippen molar-refractivity contribution < 1.29 is 4.79 Å². The molecule has 0 atom stereocenters. The number of nitrogens with two attached hydrogens (primary N) is 1. The predicted molar refractivity (Wildman–Crippen MR) is 72.4 cm³/mol. The van der Waals surface area contributed by atoms with E-state index in [2.05, 4.69) is 5.32 Å². The quantitative estimate of drug-likeness (QED) is 0.834. The van der Waals surface area contributed by atoms with Gasteiger partial charge in [0.15, 0.2) is 0 Å². The Morgan fingerprint density at radius 3 is 2.83 bits per heavy atom. The number of rotatable bonds is 3. The summed E-state index contributed by atoms with van der Waals surface area (Å²) in [6.07, 6.45) is 1.93. The van der Waals surface area contributed by atoms with Crippen LogP contribution in [0.15, 0.2) is 36.5 Å². The molecular formula is C13H14ClN3O. The summed E-state index contributed by atoms with van der Waals surface area (Å²) < 4.78 is 1.95. The van der Waals surface area contributed by atoms with Crippen molar-refractivity contribution in [1.29, 1.82) is 0 Å². The maximum Gasteiger partial charge on any atom is 0.253 e. The van der Waals surface area contributed by atoms with Crippen LogP contribution in [-0.2, 0) is 13.6 Å². The summed E-state index contributed by atoms with van der Waals surface area (Å²) in [6.45, 7) is 0.461. The van der Waals surface area contributed by atoms with Crippen molar-refractivity contribution in [3.8, 4) is 0 Å². The van der Waals surface area contributed by atoms with Crippen LogP contribution in [0.1, 0.15) is 16.1 Å². The summed E-state index contributed by atoms with van der Waals surface area (Å²) >= 11 is 5.97. The zero-order chi connectivity index (χ0) is 13.1. The highest BCUT2D eigenvalue weighted by molar-refractivity contribution is 6.34. The van der Waals surface area contributed by atoms with E-state index in [4.69, 9.17) is 17.3 Å². The van der Waals surface area contributed by atoms with Crippen LogP contribution in [0, 0.1) is 0 Å². The van der Waals surface area contributed by atoms with Crippen LogP contribution in [-0.4, -0.2) is 10.5 Å². The van der Waals surface area contributed by atoms with Gasteiger partial charge in [0.1, 0.15) is 0 Å². The molecule has 0 radical (unpaired) electrons. The average molecular weight is 264 g/mol. The largest absolute Gasteiger partial charge is 0.399 e. The van der Waals surface area contributed by atoms with Crippen LogP contribution >= 0.6 is 11.6 Å². The van der Waals surface area contributed by atoms with Crippen molar-refractivity contribution in [2.75, 3.05) is 5.73 Å².